The first kappa shape index (κ1) is 12.7. The van der Waals surface area contributed by atoms with Crippen LogP contribution in [0.4, 0.5) is 0 Å². The molecule has 1 aromatic carbocycles. The molecule has 0 spiro atoms. The molecule has 0 aliphatic carbocycles. The van der Waals surface area contributed by atoms with Crippen LogP contribution in [-0.2, 0) is 10.1 Å². The maximum atomic E-state index is 10.8. The molecule has 0 radical (unpaired) electrons. The molecule has 13 heavy (non-hydrogen) atoms. The van der Waals surface area contributed by atoms with Gasteiger partial charge < -0.3 is 4.18 Å². The third-order valence-corrected chi connectivity index (χ3v) is 1.99. The monoisotopic (exact) mass is 208 g/mol. The Morgan fingerprint density at radius 1 is 1.23 bits per heavy atom. The number of para-hydroxylation sites is 1. The van der Waals surface area contributed by atoms with Gasteiger partial charge in [0, 0.05) is 0 Å². The Morgan fingerprint density at radius 2 is 1.77 bits per heavy atom. The first-order chi connectivity index (χ1) is 5.64. The topological polar surface area (TPSA) is 43.4 Å². The molecule has 0 saturated heterocycles. The van der Waals surface area contributed by atoms with E-state index in [1.165, 1.54) is 0 Å². The van der Waals surface area contributed by atoms with Gasteiger partial charge in [-0.15, -0.1) is 0 Å². The van der Waals surface area contributed by atoms with Gasteiger partial charge in [0.1, 0.15) is 5.75 Å². The van der Waals surface area contributed by atoms with E-state index in [0.29, 0.717) is 0 Å². The predicted molar refractivity (Wildman–Crippen MR) is 53.3 cm³/mol. The molecule has 0 fully saturated rings. The van der Waals surface area contributed by atoms with Gasteiger partial charge >= 0.3 is 39.7 Å². The third-order valence-electron chi connectivity index (χ3n) is 1.16. The molecule has 0 amide bonds. The first-order valence-corrected chi connectivity index (χ1v) is 4.73. The fourth-order valence-corrected chi connectivity index (χ4v) is 1.09. The molecule has 0 atom stereocenters. The van der Waals surface area contributed by atoms with Crippen LogP contribution in [0.2, 0.25) is 0 Å². The minimum atomic E-state index is -3.61. The van der Waals surface area contributed by atoms with Gasteiger partial charge in [-0.25, -0.2) is 0 Å². The van der Waals surface area contributed by atoms with Crippen LogP contribution in [0.3, 0.4) is 0 Å². The normalized spacial score (nSPS) is 9.85. The van der Waals surface area contributed by atoms with E-state index in [2.05, 4.69) is 10.8 Å². The van der Waals surface area contributed by atoms with Gasteiger partial charge in [-0.2, -0.15) is 8.42 Å². The molecule has 3 nitrogen and oxygen atoms in total. The minimum absolute atomic E-state index is 0. The van der Waals surface area contributed by atoms with Gasteiger partial charge in [0.15, 0.2) is 0 Å². The van der Waals surface area contributed by atoms with E-state index in [4.69, 9.17) is 0 Å². The first-order valence-electron chi connectivity index (χ1n) is 3.26. The Bertz CT molecular complexity index is 358. The molecule has 1 rings (SSSR count). The summed E-state index contributed by atoms with van der Waals surface area (Å²) in [5.74, 6) is 0.289. The van der Waals surface area contributed by atoms with Crippen molar-refractivity contribution in [2.75, 3.05) is 0 Å². The predicted octanol–water partition coefficient (Wildman–Crippen LogP) is 0.890. The molecule has 1 aromatic rings. The molecule has 0 N–H and O–H groups in total. The Labute approximate surface area is 99.8 Å². The molecular weight excluding hydrogens is 199 g/mol. The van der Waals surface area contributed by atoms with Crippen molar-refractivity contribution >= 4 is 39.7 Å². The van der Waals surface area contributed by atoms with Gasteiger partial charge in [-0.3, -0.25) is 0 Å². The van der Waals surface area contributed by atoms with Crippen molar-refractivity contribution in [1.82, 2.24) is 0 Å². The number of rotatable bonds is 3. The van der Waals surface area contributed by atoms with E-state index in [9.17, 15) is 8.42 Å². The zero-order valence-electron chi connectivity index (χ0n) is 6.30. The van der Waals surface area contributed by atoms with Gasteiger partial charge in [-0.1, -0.05) is 24.8 Å². The molecule has 66 valence electrons. The van der Waals surface area contributed by atoms with Crippen molar-refractivity contribution < 1.29 is 12.6 Å². The van der Waals surface area contributed by atoms with Crippen LogP contribution in [-0.4, -0.2) is 38.0 Å². The third kappa shape index (κ3) is 4.47. The van der Waals surface area contributed by atoms with Gasteiger partial charge in [0.2, 0.25) is 0 Å². The summed E-state index contributed by atoms with van der Waals surface area (Å²) in [7, 11) is -3.61. The standard InChI is InChI=1S/C8H8O3S.Na.H/c1-2-12(9,10)11-8-6-4-3-5-7-8;;/h2-7H,1H2;;. The van der Waals surface area contributed by atoms with Gasteiger partial charge in [0.25, 0.3) is 0 Å². The molecule has 0 heterocycles. The zero-order chi connectivity index (χ0) is 9.03. The van der Waals surface area contributed by atoms with Crippen LogP contribution in [0, 0.1) is 0 Å². The van der Waals surface area contributed by atoms with E-state index >= 15 is 0 Å². The summed E-state index contributed by atoms with van der Waals surface area (Å²) in [6.07, 6.45) is 0. The SMILES string of the molecule is C=CS(=O)(=O)Oc1ccccc1.[NaH]. The molecule has 0 aromatic heterocycles. The molecule has 0 aliphatic heterocycles. The summed E-state index contributed by atoms with van der Waals surface area (Å²) in [6.45, 7) is 3.12. The van der Waals surface area contributed by atoms with Crippen molar-refractivity contribution in [3.05, 3.63) is 42.3 Å². The van der Waals surface area contributed by atoms with Gasteiger partial charge in [0.05, 0.1) is 5.41 Å². The average molecular weight is 208 g/mol. The van der Waals surface area contributed by atoms with Crippen molar-refractivity contribution in [3.63, 3.8) is 0 Å². The van der Waals surface area contributed by atoms with Crippen molar-refractivity contribution in [3.8, 4) is 5.75 Å². The second kappa shape index (κ2) is 5.44. The number of hydrogen-bond donors (Lipinski definition) is 0. The fraction of sp³-hybridized carbons (Fsp3) is 0. The summed E-state index contributed by atoms with van der Waals surface area (Å²) >= 11 is 0. The van der Waals surface area contributed by atoms with E-state index in [-0.39, 0.29) is 35.3 Å². The number of hydrogen-bond acceptors (Lipinski definition) is 3. The zero-order valence-corrected chi connectivity index (χ0v) is 7.12. The molecule has 5 heteroatoms. The summed E-state index contributed by atoms with van der Waals surface area (Å²) in [5.41, 5.74) is 0. The van der Waals surface area contributed by atoms with Gasteiger partial charge in [-0.05, 0) is 12.1 Å². The maximum absolute atomic E-state index is 10.8. The van der Waals surface area contributed by atoms with Crippen LogP contribution in [0.15, 0.2) is 42.3 Å². The Kier molecular flexibility index (Phi) is 5.32. The Morgan fingerprint density at radius 3 is 2.23 bits per heavy atom. The summed E-state index contributed by atoms with van der Waals surface area (Å²) in [5, 5.41) is 0.764. The second-order valence-electron chi connectivity index (χ2n) is 2.06. The summed E-state index contributed by atoms with van der Waals surface area (Å²) in [6, 6.07) is 8.26. The second-order valence-corrected chi connectivity index (χ2v) is 3.54. The van der Waals surface area contributed by atoms with E-state index in [1.807, 2.05) is 0 Å². The van der Waals surface area contributed by atoms with Crippen LogP contribution >= 0.6 is 0 Å². The van der Waals surface area contributed by atoms with Crippen LogP contribution < -0.4 is 4.18 Å². The average Bonchev–Trinajstić information content (AvgIpc) is 2.06. The molecular formula is C8H9NaO3S. The molecule has 0 bridgehead atoms. The summed E-state index contributed by atoms with van der Waals surface area (Å²) < 4.78 is 26.3. The fourth-order valence-electron chi connectivity index (χ4n) is 0.644. The number of benzene rings is 1. The Balaban J connectivity index is 0.00000144. The van der Waals surface area contributed by atoms with Crippen molar-refractivity contribution in [1.29, 1.82) is 0 Å². The molecule has 0 saturated carbocycles. The molecule has 0 unspecified atom stereocenters. The molecule has 0 aliphatic rings. The van der Waals surface area contributed by atoms with E-state index in [1.54, 1.807) is 30.3 Å². The van der Waals surface area contributed by atoms with E-state index < -0.39 is 10.1 Å². The quantitative estimate of drug-likeness (QED) is 0.547. The summed E-state index contributed by atoms with van der Waals surface area (Å²) in [4.78, 5) is 0. The Hall–Kier alpha value is -0.290. The van der Waals surface area contributed by atoms with Crippen LogP contribution in [0.25, 0.3) is 0 Å². The van der Waals surface area contributed by atoms with Crippen LogP contribution in [0.5, 0.6) is 5.75 Å². The van der Waals surface area contributed by atoms with Crippen molar-refractivity contribution in [2.45, 2.75) is 0 Å². The van der Waals surface area contributed by atoms with E-state index in [0.717, 1.165) is 5.41 Å². The van der Waals surface area contributed by atoms with Crippen molar-refractivity contribution in [2.24, 2.45) is 0 Å². The van der Waals surface area contributed by atoms with Crippen LogP contribution in [0.1, 0.15) is 0 Å².